The molecule has 12 heteroatoms. The quantitative estimate of drug-likeness (QED) is 0.435. The Labute approximate surface area is 227 Å². The maximum Gasteiger partial charge on any atom is 0.490 e. The first kappa shape index (κ1) is 29.2. The lowest BCUT2D eigenvalue weighted by Crippen LogP contribution is -2.63. The zero-order chi connectivity index (χ0) is 29.4. The molecule has 0 aromatic heterocycles. The van der Waals surface area contributed by atoms with Gasteiger partial charge in [-0.2, -0.15) is 13.2 Å². The third kappa shape index (κ3) is 5.32. The van der Waals surface area contributed by atoms with Crippen molar-refractivity contribution in [1.29, 1.82) is 0 Å². The van der Waals surface area contributed by atoms with Gasteiger partial charge in [0.15, 0.2) is 0 Å². The number of likely N-dealkylation sites (tertiary alicyclic amines) is 2. The summed E-state index contributed by atoms with van der Waals surface area (Å²) in [6, 6.07) is 13.6. The monoisotopic (exact) mass is 563 g/mol. The van der Waals surface area contributed by atoms with Crippen LogP contribution in [0.15, 0.2) is 48.5 Å². The highest BCUT2D eigenvalue weighted by Crippen LogP contribution is 2.52. The smallest absolute Gasteiger partial charge is 0.475 e. The van der Waals surface area contributed by atoms with Crippen LogP contribution in [0.4, 0.5) is 17.6 Å². The first-order chi connectivity index (χ1) is 18.8. The van der Waals surface area contributed by atoms with Gasteiger partial charge >= 0.3 is 12.1 Å². The number of alkyl halides is 3. The summed E-state index contributed by atoms with van der Waals surface area (Å²) in [6.45, 7) is 4.99. The normalized spacial score (nSPS) is 26.1. The van der Waals surface area contributed by atoms with Crippen molar-refractivity contribution in [3.05, 3.63) is 71.0 Å². The van der Waals surface area contributed by atoms with Gasteiger partial charge in [-0.15, -0.1) is 0 Å². The molecule has 2 aromatic carbocycles. The predicted octanol–water partition coefficient (Wildman–Crippen LogP) is 3.59. The minimum Gasteiger partial charge on any atom is -0.475 e. The number of fused-ring (bicyclic) bond motifs is 2. The number of halogens is 4. The van der Waals surface area contributed by atoms with Gasteiger partial charge in [0.25, 0.3) is 0 Å². The summed E-state index contributed by atoms with van der Waals surface area (Å²) in [4.78, 5) is 52.7. The Morgan fingerprint density at radius 3 is 2.20 bits per heavy atom. The first-order valence-electron chi connectivity index (χ1n) is 12.8. The molecule has 0 unspecified atom stereocenters. The third-order valence-electron chi connectivity index (χ3n) is 7.70. The van der Waals surface area contributed by atoms with E-state index in [9.17, 15) is 31.9 Å². The number of carboxylic acids is 1. The van der Waals surface area contributed by atoms with E-state index in [0.717, 1.165) is 23.1 Å². The van der Waals surface area contributed by atoms with Gasteiger partial charge in [-0.1, -0.05) is 42.0 Å². The summed E-state index contributed by atoms with van der Waals surface area (Å²) >= 11 is 0. The number of aliphatic carboxylic acids is 1. The second-order valence-electron chi connectivity index (χ2n) is 10.2. The summed E-state index contributed by atoms with van der Waals surface area (Å²) in [5.74, 6) is -5.02. The van der Waals surface area contributed by atoms with Crippen molar-refractivity contribution in [1.82, 2.24) is 15.1 Å². The summed E-state index contributed by atoms with van der Waals surface area (Å²) in [6.07, 6.45) is -3.86. The lowest BCUT2D eigenvalue weighted by molar-refractivity contribution is -0.192. The molecule has 3 fully saturated rings. The molecule has 8 nitrogen and oxygen atoms in total. The summed E-state index contributed by atoms with van der Waals surface area (Å²) < 4.78 is 45.1. The topological polar surface area (TPSA) is 107 Å². The molecule has 0 radical (unpaired) electrons. The number of benzene rings is 2. The van der Waals surface area contributed by atoms with Gasteiger partial charge in [-0.3, -0.25) is 24.6 Å². The van der Waals surface area contributed by atoms with E-state index in [0.29, 0.717) is 26.1 Å². The maximum atomic E-state index is 13.9. The highest BCUT2D eigenvalue weighted by molar-refractivity contribution is 6.10. The Balaban J connectivity index is 0.000000470. The van der Waals surface area contributed by atoms with Crippen LogP contribution in [-0.4, -0.2) is 63.4 Å². The number of imide groups is 1. The molecule has 4 atom stereocenters. The number of hydrogen-bond acceptors (Lipinski definition) is 5. The number of carbonyl (C=O) groups is 4. The van der Waals surface area contributed by atoms with Crippen molar-refractivity contribution in [3.8, 4) is 0 Å². The van der Waals surface area contributed by atoms with Crippen LogP contribution in [0.5, 0.6) is 0 Å². The number of carbonyl (C=O) groups excluding carboxylic acids is 3. The standard InChI is InChI=1S/C26H28FN3O3.C2HF3O2/c1-3-30-23(31)20-21(24(30)32)26(28-22(20)18-9-5-16(2)6-10-18)13-4-14-29(25(26)33)15-17-7-11-19(27)12-8-17;3-2(4,5)1(6)7/h5-12,20-22,28H,3-4,13-15H2,1-2H3;(H,6,7)/t20-,21-,22-,26-;/m1./s1. The number of carboxylic acid groups (broad SMARTS) is 1. The zero-order valence-electron chi connectivity index (χ0n) is 21.9. The van der Waals surface area contributed by atoms with Gasteiger partial charge < -0.3 is 10.0 Å². The average Bonchev–Trinajstić information content (AvgIpc) is 3.37. The lowest BCUT2D eigenvalue weighted by Gasteiger charge is -2.42. The second kappa shape index (κ2) is 11.0. The van der Waals surface area contributed by atoms with Crippen molar-refractivity contribution < 1.29 is 41.8 Å². The molecule has 3 aliphatic rings. The number of nitrogens with one attached hydrogen (secondary N) is 1. The van der Waals surface area contributed by atoms with Crippen LogP contribution < -0.4 is 5.32 Å². The second-order valence-corrected chi connectivity index (χ2v) is 10.2. The van der Waals surface area contributed by atoms with Crippen LogP contribution in [-0.2, 0) is 25.7 Å². The van der Waals surface area contributed by atoms with Crippen LogP contribution in [0.2, 0.25) is 0 Å². The SMILES string of the molecule is CCN1C(=O)[C@H]2[C@@H](c3ccc(C)cc3)N[C@]3(CCCN(Cc4ccc(F)cc4)C3=O)[C@H]2C1=O.O=C(O)C(F)(F)F. The number of aryl methyl sites for hydroxylation is 1. The molecule has 40 heavy (non-hydrogen) atoms. The Morgan fingerprint density at radius 1 is 1.05 bits per heavy atom. The van der Waals surface area contributed by atoms with Crippen LogP contribution in [0.25, 0.3) is 0 Å². The fraction of sp³-hybridized carbons (Fsp3) is 0.429. The molecule has 3 saturated heterocycles. The Hall–Kier alpha value is -3.80. The molecule has 5 rings (SSSR count). The van der Waals surface area contributed by atoms with Crippen molar-refractivity contribution in [2.24, 2.45) is 11.8 Å². The van der Waals surface area contributed by atoms with Gasteiger partial charge in [0.05, 0.1) is 11.8 Å². The molecule has 214 valence electrons. The zero-order valence-corrected chi connectivity index (χ0v) is 21.9. The van der Waals surface area contributed by atoms with E-state index in [4.69, 9.17) is 9.90 Å². The molecule has 3 amide bonds. The van der Waals surface area contributed by atoms with Crippen LogP contribution in [0.3, 0.4) is 0 Å². The van der Waals surface area contributed by atoms with E-state index in [1.54, 1.807) is 24.0 Å². The Morgan fingerprint density at radius 2 is 1.65 bits per heavy atom. The van der Waals surface area contributed by atoms with Crippen LogP contribution in [0.1, 0.15) is 42.5 Å². The molecule has 3 aliphatic heterocycles. The molecule has 0 bridgehead atoms. The molecule has 2 N–H and O–H groups in total. The molecular weight excluding hydrogens is 534 g/mol. The fourth-order valence-corrected chi connectivity index (χ4v) is 5.86. The van der Waals surface area contributed by atoms with Gasteiger partial charge in [0.2, 0.25) is 17.7 Å². The van der Waals surface area contributed by atoms with Crippen molar-refractivity contribution >= 4 is 23.7 Å². The van der Waals surface area contributed by atoms with E-state index < -0.39 is 35.6 Å². The molecule has 0 saturated carbocycles. The van der Waals surface area contributed by atoms with Gasteiger partial charge in [0.1, 0.15) is 11.4 Å². The Kier molecular flexibility index (Phi) is 8.02. The van der Waals surface area contributed by atoms with Crippen molar-refractivity contribution in [3.63, 3.8) is 0 Å². The van der Waals surface area contributed by atoms with Gasteiger partial charge in [-0.05, 0) is 49.9 Å². The third-order valence-corrected chi connectivity index (χ3v) is 7.70. The number of nitrogens with zero attached hydrogens (tertiary/aromatic N) is 2. The number of amides is 3. The first-order valence-corrected chi connectivity index (χ1v) is 12.8. The minimum absolute atomic E-state index is 0.151. The molecular formula is C28H29F4N3O5. The fourth-order valence-electron chi connectivity index (χ4n) is 5.86. The van der Waals surface area contributed by atoms with E-state index >= 15 is 0 Å². The number of hydrogen-bond donors (Lipinski definition) is 2. The molecule has 2 aromatic rings. The van der Waals surface area contributed by atoms with E-state index in [1.807, 2.05) is 31.2 Å². The molecule has 3 heterocycles. The van der Waals surface area contributed by atoms with E-state index in [2.05, 4.69) is 5.32 Å². The lowest BCUT2D eigenvalue weighted by atomic mass is 9.74. The van der Waals surface area contributed by atoms with Crippen LogP contribution >= 0.6 is 0 Å². The highest BCUT2D eigenvalue weighted by Gasteiger charge is 2.68. The van der Waals surface area contributed by atoms with Crippen molar-refractivity contribution in [2.45, 2.75) is 51.0 Å². The molecule has 0 aliphatic carbocycles. The highest BCUT2D eigenvalue weighted by atomic mass is 19.4. The van der Waals surface area contributed by atoms with Crippen LogP contribution in [0, 0.1) is 24.6 Å². The average molecular weight is 564 g/mol. The van der Waals surface area contributed by atoms with E-state index in [-0.39, 0.29) is 23.5 Å². The summed E-state index contributed by atoms with van der Waals surface area (Å²) in [5.41, 5.74) is 1.73. The minimum atomic E-state index is -5.08. The maximum absolute atomic E-state index is 13.9. The summed E-state index contributed by atoms with van der Waals surface area (Å²) in [7, 11) is 0. The predicted molar refractivity (Wildman–Crippen MR) is 134 cm³/mol. The van der Waals surface area contributed by atoms with E-state index in [1.165, 1.54) is 17.0 Å². The Bertz CT molecular complexity index is 1300. The number of rotatable bonds is 4. The van der Waals surface area contributed by atoms with Crippen molar-refractivity contribution in [2.75, 3.05) is 13.1 Å². The largest absolute Gasteiger partial charge is 0.490 e. The summed E-state index contributed by atoms with van der Waals surface area (Å²) in [5, 5.41) is 10.6. The van der Waals surface area contributed by atoms with Gasteiger partial charge in [-0.25, -0.2) is 9.18 Å². The molecule has 1 spiro atoms. The number of piperidine rings is 1. The van der Waals surface area contributed by atoms with Gasteiger partial charge in [0, 0.05) is 25.7 Å².